The van der Waals surface area contributed by atoms with Gasteiger partial charge in [-0.05, 0) is 17.7 Å². The highest BCUT2D eigenvalue weighted by atomic mass is 16.6. The van der Waals surface area contributed by atoms with Crippen LogP contribution in [0.4, 0.5) is 5.88 Å². The Morgan fingerprint density at radius 1 is 1.10 bits per heavy atom. The van der Waals surface area contributed by atoms with Crippen molar-refractivity contribution in [1.82, 2.24) is 0 Å². The van der Waals surface area contributed by atoms with Crippen LogP contribution in [0.15, 0.2) is 52.9 Å². The van der Waals surface area contributed by atoms with Crippen molar-refractivity contribution in [2.45, 2.75) is 0 Å². The fourth-order valence-corrected chi connectivity index (χ4v) is 2.23. The molecule has 0 fully saturated rings. The summed E-state index contributed by atoms with van der Waals surface area (Å²) in [6, 6.07) is 15.8. The minimum Gasteiger partial charge on any atom is -0.400 e. The first kappa shape index (κ1) is 11.9. The van der Waals surface area contributed by atoms with Crippen LogP contribution >= 0.6 is 0 Å². The van der Waals surface area contributed by atoms with E-state index in [-0.39, 0.29) is 5.88 Å². The Balaban J connectivity index is 2.47. The number of nitriles is 1. The number of rotatable bonds is 2. The highest BCUT2D eigenvalue weighted by Crippen LogP contribution is 2.40. The van der Waals surface area contributed by atoms with E-state index >= 15 is 0 Å². The van der Waals surface area contributed by atoms with Crippen LogP contribution in [0.3, 0.4) is 0 Å². The van der Waals surface area contributed by atoms with Crippen molar-refractivity contribution in [3.05, 3.63) is 64.2 Å². The molecule has 0 amide bonds. The first-order valence-electron chi connectivity index (χ1n) is 5.88. The molecule has 0 radical (unpaired) electrons. The molecule has 0 bridgehead atoms. The second kappa shape index (κ2) is 4.52. The van der Waals surface area contributed by atoms with Gasteiger partial charge in [-0.25, -0.2) is 0 Å². The summed E-state index contributed by atoms with van der Waals surface area (Å²) in [7, 11) is 0. The fraction of sp³-hybridized carbons (Fsp3) is 0. The lowest BCUT2D eigenvalue weighted by atomic mass is 10.0. The molecule has 3 rings (SSSR count). The summed E-state index contributed by atoms with van der Waals surface area (Å²) in [4.78, 5) is 10.6. The molecule has 0 aliphatic rings. The lowest BCUT2D eigenvalue weighted by molar-refractivity contribution is -0.400. The van der Waals surface area contributed by atoms with E-state index in [1.807, 2.05) is 12.1 Å². The molecule has 2 aromatic carbocycles. The Labute approximate surface area is 113 Å². The fourth-order valence-electron chi connectivity index (χ4n) is 2.23. The third-order valence-electron chi connectivity index (χ3n) is 3.05. The van der Waals surface area contributed by atoms with Gasteiger partial charge in [0.2, 0.25) is 0 Å². The Morgan fingerprint density at radius 3 is 2.50 bits per heavy atom. The molecule has 0 saturated carbocycles. The maximum atomic E-state index is 11.2. The first-order chi connectivity index (χ1) is 9.72. The number of furan rings is 1. The van der Waals surface area contributed by atoms with Gasteiger partial charge in [-0.15, -0.1) is 0 Å². The van der Waals surface area contributed by atoms with Gasteiger partial charge in [0.1, 0.15) is 16.1 Å². The smallest absolute Gasteiger partial charge is 0.400 e. The van der Waals surface area contributed by atoms with Crippen molar-refractivity contribution < 1.29 is 9.34 Å². The van der Waals surface area contributed by atoms with E-state index in [4.69, 9.17) is 4.42 Å². The van der Waals surface area contributed by atoms with E-state index in [2.05, 4.69) is 0 Å². The van der Waals surface area contributed by atoms with Crippen molar-refractivity contribution >= 4 is 16.9 Å². The number of nitrogens with zero attached hydrogens (tertiary/aromatic N) is 2. The highest BCUT2D eigenvalue weighted by Gasteiger charge is 2.26. The SMILES string of the molecule is N#Cc1cccc2oc([N+](=O)[O-])c(-c3ccccc3)c12. The Kier molecular flexibility index (Phi) is 2.70. The van der Waals surface area contributed by atoms with Crippen LogP contribution in [0, 0.1) is 21.4 Å². The normalized spacial score (nSPS) is 10.3. The quantitative estimate of drug-likeness (QED) is 0.519. The van der Waals surface area contributed by atoms with E-state index in [9.17, 15) is 15.4 Å². The summed E-state index contributed by atoms with van der Waals surface area (Å²) in [6.07, 6.45) is 0. The predicted molar refractivity (Wildman–Crippen MR) is 73.0 cm³/mol. The molecule has 20 heavy (non-hydrogen) atoms. The minimum atomic E-state index is -0.566. The molecule has 5 heteroatoms. The lowest BCUT2D eigenvalue weighted by Gasteiger charge is -1.98. The summed E-state index contributed by atoms with van der Waals surface area (Å²) in [5, 5.41) is 20.9. The van der Waals surface area contributed by atoms with Gasteiger partial charge in [-0.3, -0.25) is 10.1 Å². The maximum absolute atomic E-state index is 11.2. The molecular formula is C15H8N2O3. The van der Waals surface area contributed by atoms with E-state index in [0.717, 1.165) is 0 Å². The van der Waals surface area contributed by atoms with E-state index in [1.54, 1.807) is 42.5 Å². The average Bonchev–Trinajstić information content (AvgIpc) is 2.87. The minimum absolute atomic E-state index is 0.339. The van der Waals surface area contributed by atoms with Gasteiger partial charge >= 0.3 is 5.88 Å². The van der Waals surface area contributed by atoms with E-state index < -0.39 is 4.92 Å². The zero-order valence-corrected chi connectivity index (χ0v) is 10.2. The monoisotopic (exact) mass is 264 g/mol. The van der Waals surface area contributed by atoms with Gasteiger partial charge in [0.15, 0.2) is 0 Å². The van der Waals surface area contributed by atoms with Gasteiger partial charge in [0.25, 0.3) is 0 Å². The number of fused-ring (bicyclic) bond motifs is 1. The third kappa shape index (κ3) is 1.71. The summed E-state index contributed by atoms with van der Waals surface area (Å²) < 4.78 is 5.31. The second-order valence-electron chi connectivity index (χ2n) is 4.20. The molecule has 0 spiro atoms. The van der Waals surface area contributed by atoms with Crippen LogP contribution in [0.2, 0.25) is 0 Å². The topological polar surface area (TPSA) is 80.1 Å². The number of nitro groups is 1. The molecule has 0 saturated heterocycles. The van der Waals surface area contributed by atoms with Gasteiger partial charge in [-0.1, -0.05) is 36.4 Å². The number of hydrogen-bond donors (Lipinski definition) is 0. The van der Waals surface area contributed by atoms with Crippen molar-refractivity contribution in [2.24, 2.45) is 0 Å². The van der Waals surface area contributed by atoms with Gasteiger partial charge in [0, 0.05) is 0 Å². The molecule has 0 atom stereocenters. The molecule has 0 unspecified atom stereocenters. The third-order valence-corrected chi connectivity index (χ3v) is 3.05. The lowest BCUT2D eigenvalue weighted by Crippen LogP contribution is -1.88. The standard InChI is InChI=1S/C15H8N2O3/c16-9-11-7-4-8-12-13(11)14(15(20-12)17(18)19)10-5-2-1-3-6-10/h1-8H. The first-order valence-corrected chi connectivity index (χ1v) is 5.88. The summed E-state index contributed by atoms with van der Waals surface area (Å²) in [5.41, 5.74) is 1.70. The maximum Gasteiger partial charge on any atom is 0.442 e. The van der Waals surface area contributed by atoms with Crippen LogP contribution in [0.5, 0.6) is 0 Å². The molecular weight excluding hydrogens is 256 g/mol. The van der Waals surface area contributed by atoms with Crippen molar-refractivity contribution in [1.29, 1.82) is 5.26 Å². The molecule has 1 heterocycles. The molecule has 0 N–H and O–H groups in total. The van der Waals surface area contributed by atoms with Crippen molar-refractivity contribution in [3.63, 3.8) is 0 Å². The summed E-state index contributed by atoms with van der Waals surface area (Å²) in [5.74, 6) is -0.339. The number of benzene rings is 2. The number of hydrogen-bond acceptors (Lipinski definition) is 4. The van der Waals surface area contributed by atoms with Crippen molar-refractivity contribution in [2.75, 3.05) is 0 Å². The largest absolute Gasteiger partial charge is 0.442 e. The molecule has 0 aliphatic heterocycles. The Morgan fingerprint density at radius 2 is 1.85 bits per heavy atom. The van der Waals surface area contributed by atoms with Gasteiger partial charge in [0.05, 0.1) is 17.0 Å². The molecule has 0 aliphatic carbocycles. The van der Waals surface area contributed by atoms with Gasteiger partial charge in [-0.2, -0.15) is 5.26 Å². The van der Waals surface area contributed by atoms with Crippen LogP contribution in [0.1, 0.15) is 5.56 Å². The highest BCUT2D eigenvalue weighted by molar-refractivity contribution is 6.02. The van der Waals surface area contributed by atoms with Crippen LogP contribution in [0.25, 0.3) is 22.1 Å². The summed E-state index contributed by atoms with van der Waals surface area (Å²) >= 11 is 0. The zero-order valence-electron chi connectivity index (χ0n) is 10.2. The Hall–Kier alpha value is -3.13. The van der Waals surface area contributed by atoms with E-state index in [0.29, 0.717) is 27.7 Å². The second-order valence-corrected chi connectivity index (χ2v) is 4.20. The van der Waals surface area contributed by atoms with Gasteiger partial charge < -0.3 is 4.42 Å². The molecule has 5 nitrogen and oxygen atoms in total. The molecule has 96 valence electrons. The van der Waals surface area contributed by atoms with Crippen LogP contribution < -0.4 is 0 Å². The van der Waals surface area contributed by atoms with Crippen molar-refractivity contribution in [3.8, 4) is 17.2 Å². The molecule has 3 aromatic rings. The van der Waals surface area contributed by atoms with Crippen LogP contribution in [-0.2, 0) is 0 Å². The molecule has 1 aromatic heterocycles. The summed E-state index contributed by atoms with van der Waals surface area (Å²) in [6.45, 7) is 0. The average molecular weight is 264 g/mol. The predicted octanol–water partition coefficient (Wildman–Crippen LogP) is 3.88. The van der Waals surface area contributed by atoms with Crippen LogP contribution in [-0.4, -0.2) is 4.92 Å². The van der Waals surface area contributed by atoms with E-state index in [1.165, 1.54) is 0 Å². The Bertz CT molecular complexity index is 845. The zero-order chi connectivity index (χ0) is 14.1.